The first-order chi connectivity index (χ1) is 4.49. The molecule has 2 nitrogen and oxygen atoms in total. The second kappa shape index (κ2) is 1.80. The summed E-state index contributed by atoms with van der Waals surface area (Å²) in [6, 6.07) is 0.181. The summed E-state index contributed by atoms with van der Waals surface area (Å²) in [6.07, 6.45) is -0.132. The highest BCUT2D eigenvalue weighted by molar-refractivity contribution is 4.84. The summed E-state index contributed by atoms with van der Waals surface area (Å²) in [6.45, 7) is 2.56. The van der Waals surface area contributed by atoms with Gasteiger partial charge >= 0.3 is 0 Å². The second-order valence-corrected chi connectivity index (χ2v) is 1.85. The van der Waals surface area contributed by atoms with Gasteiger partial charge < -0.3 is 10.1 Å². The van der Waals surface area contributed by atoms with Gasteiger partial charge in [-0.15, -0.1) is 0 Å². The largest absolute Gasteiger partial charge is 0.379 e. The molecule has 0 aromatic rings. The lowest BCUT2D eigenvalue weighted by Gasteiger charge is -2.33. The second-order valence-electron chi connectivity index (χ2n) is 1.85. The van der Waals surface area contributed by atoms with E-state index in [4.69, 9.17) is 8.85 Å². The topological polar surface area (TPSA) is 21.3 Å². The molecule has 1 N–H and O–H groups in total. The van der Waals surface area contributed by atoms with Gasteiger partial charge in [0.15, 0.2) is 0 Å². The fourth-order valence-electron chi connectivity index (χ4n) is 0.594. The van der Waals surface area contributed by atoms with Crippen LogP contribution in [0.2, 0.25) is 0 Å². The summed E-state index contributed by atoms with van der Waals surface area (Å²) >= 11 is 0. The lowest BCUT2D eigenvalue weighted by molar-refractivity contribution is 0.0231. The van der Waals surface area contributed by atoms with Crippen LogP contribution in [0.5, 0.6) is 0 Å². The molecule has 0 spiro atoms. The Kier molecular flexibility index (Phi) is 0.634. The molecule has 1 saturated heterocycles. The summed E-state index contributed by atoms with van der Waals surface area (Å²) in [4.78, 5) is 0. The molecular formula is C5H11NO. The van der Waals surface area contributed by atoms with Crippen LogP contribution in [0.1, 0.15) is 11.0 Å². The zero-order valence-electron chi connectivity index (χ0n) is 7.27. The van der Waals surface area contributed by atoms with E-state index in [1.807, 2.05) is 6.92 Å². The average molecular weight is 104 g/mol. The minimum atomic E-state index is -2.24. The molecule has 0 aromatic heterocycles. The normalized spacial score (nSPS) is 48.4. The van der Waals surface area contributed by atoms with Crippen LogP contribution in [0.3, 0.4) is 0 Å². The highest BCUT2D eigenvalue weighted by Crippen LogP contribution is 2.04. The van der Waals surface area contributed by atoms with E-state index >= 15 is 0 Å². The quantitative estimate of drug-likeness (QED) is 0.505. The van der Waals surface area contributed by atoms with Crippen molar-refractivity contribution >= 4 is 0 Å². The third kappa shape index (κ3) is 0.763. The van der Waals surface area contributed by atoms with Gasteiger partial charge in [-0.25, -0.2) is 0 Å². The van der Waals surface area contributed by atoms with E-state index in [-0.39, 0.29) is 12.1 Å². The van der Waals surface area contributed by atoms with Crippen molar-refractivity contribution in [1.29, 1.82) is 0 Å². The first kappa shape index (κ1) is 2.46. The van der Waals surface area contributed by atoms with Gasteiger partial charge in [-0.05, 0) is 6.92 Å². The molecule has 42 valence electrons. The number of hydrogen-bond acceptors (Lipinski definition) is 2. The molecule has 0 bridgehead atoms. The smallest absolute Gasteiger partial charge is 0.0845 e. The van der Waals surface area contributed by atoms with Crippen molar-refractivity contribution in [2.24, 2.45) is 0 Å². The Morgan fingerprint density at radius 2 is 2.86 bits per heavy atom. The maximum absolute atomic E-state index is 6.77. The van der Waals surface area contributed by atoms with Crippen molar-refractivity contribution in [3.63, 3.8) is 0 Å². The van der Waals surface area contributed by atoms with Gasteiger partial charge in [0.2, 0.25) is 0 Å². The predicted molar refractivity (Wildman–Crippen MR) is 28.3 cm³/mol. The molecule has 2 heteroatoms. The van der Waals surface area contributed by atoms with Crippen LogP contribution >= 0.6 is 0 Å². The molecule has 1 aliphatic rings. The molecule has 1 rings (SSSR count). The van der Waals surface area contributed by atoms with E-state index in [2.05, 4.69) is 5.32 Å². The maximum atomic E-state index is 6.77. The molecule has 0 aromatic carbocycles. The van der Waals surface area contributed by atoms with Crippen LogP contribution in [-0.2, 0) is 4.74 Å². The van der Waals surface area contributed by atoms with Crippen LogP contribution in [0.4, 0.5) is 0 Å². The zero-order chi connectivity index (χ0) is 7.78. The Morgan fingerprint density at radius 1 is 2.00 bits per heavy atom. The summed E-state index contributed by atoms with van der Waals surface area (Å²) in [5.41, 5.74) is 0. The lowest BCUT2D eigenvalue weighted by Crippen LogP contribution is -2.56. The number of nitrogens with one attached hydrogen (secondary N) is 1. The Balaban J connectivity index is 2.26. The van der Waals surface area contributed by atoms with Crippen LogP contribution in [-0.4, -0.2) is 25.7 Å². The molecule has 7 heavy (non-hydrogen) atoms. The van der Waals surface area contributed by atoms with E-state index < -0.39 is 7.04 Å². The Hall–Kier alpha value is -0.0800. The van der Waals surface area contributed by atoms with Gasteiger partial charge in [-0.2, -0.15) is 0 Å². The Bertz CT molecular complexity index is 125. The lowest BCUT2D eigenvalue weighted by atomic mass is 10.1. The van der Waals surface area contributed by atoms with Gasteiger partial charge in [0, 0.05) is 19.6 Å². The molecule has 2 atom stereocenters. The number of hydrogen-bond donors (Lipinski definition) is 1. The summed E-state index contributed by atoms with van der Waals surface area (Å²) in [7, 11) is -2.24. The Morgan fingerprint density at radius 3 is 3.00 bits per heavy atom. The SMILES string of the molecule is [2H]C([2H])([2H])O[C@H]1CN[C@@H]1C. The van der Waals surface area contributed by atoms with Gasteiger partial charge in [0.25, 0.3) is 0 Å². The molecule has 0 saturated carbocycles. The van der Waals surface area contributed by atoms with Crippen LogP contribution in [0, 0.1) is 0 Å². The highest BCUT2D eigenvalue weighted by Gasteiger charge is 2.24. The van der Waals surface area contributed by atoms with E-state index in [9.17, 15) is 0 Å². The van der Waals surface area contributed by atoms with Crippen molar-refractivity contribution in [1.82, 2.24) is 5.32 Å². The highest BCUT2D eigenvalue weighted by atomic mass is 16.5. The van der Waals surface area contributed by atoms with Crippen molar-refractivity contribution in [3.8, 4) is 0 Å². The minimum absolute atomic E-state index is 0.132. The van der Waals surface area contributed by atoms with Crippen LogP contribution in [0.15, 0.2) is 0 Å². The standard InChI is InChI=1S/C5H11NO/c1-4-5(7-2)3-6-4/h4-6H,3H2,1-2H3/t4-,5+/m1/s1/i2D3. The molecule has 0 aliphatic carbocycles. The molecule has 1 aliphatic heterocycles. The molecule has 1 heterocycles. The number of rotatable bonds is 1. The van der Waals surface area contributed by atoms with E-state index in [0.717, 1.165) is 0 Å². The van der Waals surface area contributed by atoms with Crippen molar-refractivity contribution in [3.05, 3.63) is 0 Å². The van der Waals surface area contributed by atoms with Crippen molar-refractivity contribution < 1.29 is 8.85 Å². The first-order valence-electron chi connectivity index (χ1n) is 3.90. The first-order valence-corrected chi connectivity index (χ1v) is 2.40. The van der Waals surface area contributed by atoms with Crippen molar-refractivity contribution in [2.45, 2.75) is 19.1 Å². The monoisotopic (exact) mass is 104 g/mol. The zero-order valence-corrected chi connectivity index (χ0v) is 4.27. The van der Waals surface area contributed by atoms with E-state index in [1.54, 1.807) is 0 Å². The van der Waals surface area contributed by atoms with Gasteiger partial charge in [0.05, 0.1) is 10.2 Å². The van der Waals surface area contributed by atoms with Crippen molar-refractivity contribution in [2.75, 3.05) is 13.6 Å². The third-order valence-electron chi connectivity index (χ3n) is 1.35. The fraction of sp³-hybridized carbons (Fsp3) is 1.00. The number of ether oxygens (including phenoxy) is 1. The summed E-state index contributed by atoms with van der Waals surface area (Å²) in [5, 5.41) is 3.01. The van der Waals surface area contributed by atoms with Gasteiger partial charge in [-0.3, -0.25) is 0 Å². The fourth-order valence-corrected chi connectivity index (χ4v) is 0.594. The molecule has 1 fully saturated rings. The van der Waals surface area contributed by atoms with Gasteiger partial charge in [0.1, 0.15) is 0 Å². The Labute approximate surface area is 48.1 Å². The third-order valence-corrected chi connectivity index (χ3v) is 1.35. The van der Waals surface area contributed by atoms with Crippen LogP contribution in [0.25, 0.3) is 0 Å². The molecule has 0 radical (unpaired) electrons. The van der Waals surface area contributed by atoms with Gasteiger partial charge in [-0.1, -0.05) is 0 Å². The summed E-state index contributed by atoms with van der Waals surface area (Å²) in [5.74, 6) is 0. The predicted octanol–water partition coefficient (Wildman–Crippen LogP) is -0.00690. The maximum Gasteiger partial charge on any atom is 0.0845 e. The molecule has 0 amide bonds. The van der Waals surface area contributed by atoms with E-state index in [1.165, 1.54) is 0 Å². The molecule has 0 unspecified atom stereocenters. The van der Waals surface area contributed by atoms with E-state index in [0.29, 0.717) is 6.54 Å². The molecular weight excluding hydrogens is 90.1 g/mol. The number of methoxy groups -OCH3 is 1. The summed E-state index contributed by atoms with van der Waals surface area (Å²) < 4.78 is 25.0. The van der Waals surface area contributed by atoms with Crippen LogP contribution < -0.4 is 5.32 Å². The average Bonchev–Trinajstić information content (AvgIpc) is 1.78. The minimum Gasteiger partial charge on any atom is -0.379 e.